The van der Waals surface area contributed by atoms with E-state index in [4.69, 9.17) is 20.8 Å². The van der Waals surface area contributed by atoms with Crippen LogP contribution in [0.1, 0.15) is 17.3 Å². The summed E-state index contributed by atoms with van der Waals surface area (Å²) in [6.07, 6.45) is 3.48. The topological polar surface area (TPSA) is 65.4 Å². The highest BCUT2D eigenvalue weighted by molar-refractivity contribution is 7.98. The zero-order chi connectivity index (χ0) is 17.8. The van der Waals surface area contributed by atoms with Crippen molar-refractivity contribution in [2.24, 2.45) is 5.10 Å². The Balaban J connectivity index is 1.66. The SMILES string of the molecule is CSc1nnc(C)n1/N=C/c1ccc(COc2ccc(F)cc2Cl)o1. The first-order chi connectivity index (χ1) is 12.1. The van der Waals surface area contributed by atoms with Crippen LogP contribution in [-0.2, 0) is 6.61 Å². The molecule has 9 heteroatoms. The summed E-state index contributed by atoms with van der Waals surface area (Å²) in [6.45, 7) is 1.98. The lowest BCUT2D eigenvalue weighted by Gasteiger charge is -2.05. The molecule has 0 saturated carbocycles. The zero-order valence-electron chi connectivity index (χ0n) is 13.4. The van der Waals surface area contributed by atoms with Gasteiger partial charge in [0.1, 0.15) is 29.7 Å². The van der Waals surface area contributed by atoms with Crippen LogP contribution in [0.2, 0.25) is 5.02 Å². The van der Waals surface area contributed by atoms with Crippen LogP contribution in [-0.4, -0.2) is 27.3 Å². The highest BCUT2D eigenvalue weighted by Crippen LogP contribution is 2.25. The molecule has 0 aliphatic heterocycles. The van der Waals surface area contributed by atoms with E-state index in [-0.39, 0.29) is 11.6 Å². The van der Waals surface area contributed by atoms with Gasteiger partial charge in [-0.2, -0.15) is 9.78 Å². The first-order valence-electron chi connectivity index (χ1n) is 7.23. The first kappa shape index (κ1) is 17.5. The van der Waals surface area contributed by atoms with Gasteiger partial charge in [-0.05, 0) is 43.5 Å². The number of aryl methyl sites for hydroxylation is 1. The molecule has 0 radical (unpaired) electrons. The summed E-state index contributed by atoms with van der Waals surface area (Å²) in [6, 6.07) is 7.50. The fourth-order valence-electron chi connectivity index (χ4n) is 2.00. The molecule has 3 aromatic rings. The number of nitrogens with zero attached hydrogens (tertiary/aromatic N) is 4. The number of hydrogen-bond acceptors (Lipinski definition) is 6. The average molecular weight is 381 g/mol. The molecule has 2 heterocycles. The van der Waals surface area contributed by atoms with E-state index < -0.39 is 5.82 Å². The normalized spacial score (nSPS) is 11.4. The fourth-order valence-corrected chi connectivity index (χ4v) is 2.69. The van der Waals surface area contributed by atoms with Crippen LogP contribution in [0, 0.1) is 12.7 Å². The molecule has 0 aliphatic carbocycles. The Hall–Kier alpha value is -2.32. The monoisotopic (exact) mass is 380 g/mol. The van der Waals surface area contributed by atoms with Crippen LogP contribution < -0.4 is 4.74 Å². The van der Waals surface area contributed by atoms with Gasteiger partial charge in [-0.3, -0.25) is 0 Å². The molecular formula is C16H14ClFN4O2S. The van der Waals surface area contributed by atoms with E-state index in [2.05, 4.69) is 15.3 Å². The summed E-state index contributed by atoms with van der Waals surface area (Å²) in [5.74, 6) is 1.81. The lowest BCUT2D eigenvalue weighted by molar-refractivity contribution is 0.269. The number of thioether (sulfide) groups is 1. The maximum Gasteiger partial charge on any atom is 0.211 e. The summed E-state index contributed by atoms with van der Waals surface area (Å²) in [5, 5.41) is 13.2. The average Bonchev–Trinajstić information content (AvgIpc) is 3.18. The highest BCUT2D eigenvalue weighted by atomic mass is 35.5. The highest BCUT2D eigenvalue weighted by Gasteiger charge is 2.08. The summed E-state index contributed by atoms with van der Waals surface area (Å²) >= 11 is 7.37. The molecule has 0 aliphatic rings. The Labute approximate surface area is 152 Å². The third-order valence-corrected chi connectivity index (χ3v) is 4.11. The molecule has 3 rings (SSSR count). The van der Waals surface area contributed by atoms with Gasteiger partial charge in [-0.25, -0.2) is 4.39 Å². The van der Waals surface area contributed by atoms with E-state index in [0.29, 0.717) is 28.3 Å². The van der Waals surface area contributed by atoms with Crippen LogP contribution in [0.3, 0.4) is 0 Å². The standard InChI is InChI=1S/C16H14ClFN4O2S/c1-10-20-21-16(25-2)22(10)19-8-12-4-5-13(24-12)9-23-15-6-3-11(18)7-14(15)17/h3-8H,9H2,1-2H3/b19-8+. The van der Waals surface area contributed by atoms with Crippen molar-refractivity contribution in [2.45, 2.75) is 18.7 Å². The van der Waals surface area contributed by atoms with Gasteiger partial charge in [0.05, 0.1) is 11.2 Å². The second-order valence-electron chi connectivity index (χ2n) is 4.96. The number of ether oxygens (including phenoxy) is 1. The van der Waals surface area contributed by atoms with E-state index in [1.807, 2.05) is 13.2 Å². The molecule has 25 heavy (non-hydrogen) atoms. The number of halogens is 2. The summed E-state index contributed by atoms with van der Waals surface area (Å²) < 4.78 is 25.8. The molecule has 0 spiro atoms. The van der Waals surface area contributed by atoms with Crippen LogP contribution in [0.25, 0.3) is 0 Å². The van der Waals surface area contributed by atoms with Gasteiger partial charge in [-0.1, -0.05) is 23.4 Å². The second kappa shape index (κ2) is 7.71. The van der Waals surface area contributed by atoms with E-state index in [1.165, 1.54) is 30.0 Å². The third kappa shape index (κ3) is 4.21. The molecule has 0 saturated heterocycles. The molecule has 0 fully saturated rings. The van der Waals surface area contributed by atoms with E-state index in [1.54, 1.807) is 23.0 Å². The minimum absolute atomic E-state index is 0.168. The zero-order valence-corrected chi connectivity index (χ0v) is 15.0. The first-order valence-corrected chi connectivity index (χ1v) is 8.84. The van der Waals surface area contributed by atoms with Crippen molar-refractivity contribution >= 4 is 29.6 Å². The van der Waals surface area contributed by atoms with Gasteiger partial charge in [0.2, 0.25) is 5.16 Å². The van der Waals surface area contributed by atoms with Gasteiger partial charge in [0.25, 0.3) is 0 Å². The number of furan rings is 1. The van der Waals surface area contributed by atoms with Gasteiger partial charge >= 0.3 is 0 Å². The Bertz CT molecular complexity index is 909. The number of rotatable bonds is 6. The Morgan fingerprint density at radius 2 is 2.20 bits per heavy atom. The quantitative estimate of drug-likeness (QED) is 0.474. The van der Waals surface area contributed by atoms with Crippen LogP contribution in [0.5, 0.6) is 5.75 Å². The van der Waals surface area contributed by atoms with Crippen molar-refractivity contribution < 1.29 is 13.5 Å². The molecule has 0 atom stereocenters. The van der Waals surface area contributed by atoms with E-state index in [9.17, 15) is 4.39 Å². The molecule has 6 nitrogen and oxygen atoms in total. The van der Waals surface area contributed by atoms with Crippen molar-refractivity contribution in [1.82, 2.24) is 14.9 Å². The Kier molecular flexibility index (Phi) is 5.40. The fraction of sp³-hybridized carbons (Fsp3) is 0.188. The maximum atomic E-state index is 13.0. The van der Waals surface area contributed by atoms with E-state index in [0.717, 1.165) is 0 Å². The molecule has 1 aromatic carbocycles. The minimum atomic E-state index is -0.414. The van der Waals surface area contributed by atoms with Crippen LogP contribution in [0.15, 0.2) is 45.0 Å². The largest absolute Gasteiger partial charge is 0.484 e. The maximum absolute atomic E-state index is 13.0. The summed E-state index contributed by atoms with van der Waals surface area (Å²) in [5.41, 5.74) is 0. The molecular weight excluding hydrogens is 367 g/mol. The van der Waals surface area contributed by atoms with Crippen molar-refractivity contribution in [2.75, 3.05) is 6.26 Å². The van der Waals surface area contributed by atoms with Crippen molar-refractivity contribution in [3.63, 3.8) is 0 Å². The number of hydrogen-bond donors (Lipinski definition) is 0. The van der Waals surface area contributed by atoms with Gasteiger partial charge < -0.3 is 9.15 Å². The molecule has 2 aromatic heterocycles. The minimum Gasteiger partial charge on any atom is -0.484 e. The molecule has 0 unspecified atom stereocenters. The van der Waals surface area contributed by atoms with E-state index >= 15 is 0 Å². The lowest BCUT2D eigenvalue weighted by atomic mass is 10.3. The molecule has 0 N–H and O–H groups in total. The number of aromatic nitrogens is 3. The third-order valence-electron chi connectivity index (χ3n) is 3.20. The smallest absolute Gasteiger partial charge is 0.211 e. The predicted octanol–water partition coefficient (Wildman–Crippen LogP) is 4.16. The van der Waals surface area contributed by atoms with Gasteiger partial charge in [0.15, 0.2) is 5.82 Å². The van der Waals surface area contributed by atoms with Crippen molar-refractivity contribution in [3.8, 4) is 5.75 Å². The predicted molar refractivity (Wildman–Crippen MR) is 94.0 cm³/mol. The van der Waals surface area contributed by atoms with Crippen LogP contribution >= 0.6 is 23.4 Å². The number of benzene rings is 1. The Morgan fingerprint density at radius 1 is 1.36 bits per heavy atom. The van der Waals surface area contributed by atoms with Crippen LogP contribution in [0.4, 0.5) is 4.39 Å². The summed E-state index contributed by atoms with van der Waals surface area (Å²) in [7, 11) is 0. The van der Waals surface area contributed by atoms with Gasteiger partial charge in [-0.15, -0.1) is 10.2 Å². The molecule has 0 bridgehead atoms. The Morgan fingerprint density at radius 3 is 2.96 bits per heavy atom. The molecule has 0 amide bonds. The summed E-state index contributed by atoms with van der Waals surface area (Å²) in [4.78, 5) is 0. The van der Waals surface area contributed by atoms with Crippen molar-refractivity contribution in [1.29, 1.82) is 0 Å². The second-order valence-corrected chi connectivity index (χ2v) is 6.14. The lowest BCUT2D eigenvalue weighted by Crippen LogP contribution is -1.96. The van der Waals surface area contributed by atoms with Crippen molar-refractivity contribution in [3.05, 3.63) is 58.5 Å². The molecule has 130 valence electrons. The van der Waals surface area contributed by atoms with Gasteiger partial charge in [0, 0.05) is 0 Å².